The van der Waals surface area contributed by atoms with E-state index in [4.69, 9.17) is 0 Å². The Hall–Kier alpha value is -0.450. The molecule has 1 saturated heterocycles. The summed E-state index contributed by atoms with van der Waals surface area (Å²) in [5, 5.41) is 3.65. The Balaban J connectivity index is 2.10. The summed E-state index contributed by atoms with van der Waals surface area (Å²) in [6, 6.07) is 5.68. The maximum Gasteiger partial charge on any atom is 0.124 e. The first-order valence-corrected chi connectivity index (χ1v) is 8.49. The van der Waals surface area contributed by atoms with Crippen molar-refractivity contribution in [3.8, 4) is 0 Å². The van der Waals surface area contributed by atoms with Crippen LogP contribution in [0, 0.1) is 11.7 Å². The van der Waals surface area contributed by atoms with Crippen LogP contribution in [-0.4, -0.2) is 29.6 Å². The lowest BCUT2D eigenvalue weighted by atomic mass is 9.93. The van der Waals surface area contributed by atoms with E-state index in [2.05, 4.69) is 53.8 Å². The summed E-state index contributed by atoms with van der Waals surface area (Å²) in [7, 11) is 0. The molecular formula is C17H26BrFN2. The fourth-order valence-corrected chi connectivity index (χ4v) is 3.52. The molecule has 0 aliphatic carbocycles. The molecule has 1 aromatic rings. The molecule has 1 aromatic carbocycles. The van der Waals surface area contributed by atoms with Crippen LogP contribution in [-0.2, 0) is 6.54 Å². The lowest BCUT2D eigenvalue weighted by molar-refractivity contribution is 0.0535. The first-order chi connectivity index (χ1) is 9.76. The molecule has 2 nitrogen and oxygen atoms in total. The summed E-state index contributed by atoms with van der Waals surface area (Å²) >= 11 is 3.38. The molecule has 1 unspecified atom stereocenters. The summed E-state index contributed by atoms with van der Waals surface area (Å²) in [6.07, 6.45) is 1.18. The third kappa shape index (κ3) is 4.76. The quantitative estimate of drug-likeness (QED) is 0.869. The predicted octanol–water partition coefficient (Wildman–Crippen LogP) is 4.19. The van der Waals surface area contributed by atoms with Crippen LogP contribution in [0.2, 0.25) is 0 Å². The third-order valence-electron chi connectivity index (χ3n) is 4.17. The monoisotopic (exact) mass is 356 g/mol. The van der Waals surface area contributed by atoms with Crippen molar-refractivity contribution in [3.63, 3.8) is 0 Å². The van der Waals surface area contributed by atoms with Gasteiger partial charge in [-0.05, 0) is 49.9 Å². The lowest BCUT2D eigenvalue weighted by Gasteiger charge is -2.46. The van der Waals surface area contributed by atoms with Gasteiger partial charge in [0, 0.05) is 35.7 Å². The van der Waals surface area contributed by atoms with Gasteiger partial charge in [-0.2, -0.15) is 0 Å². The second-order valence-corrected chi connectivity index (χ2v) is 8.09. The minimum atomic E-state index is -0.175. The highest BCUT2D eigenvalue weighted by atomic mass is 79.9. The van der Waals surface area contributed by atoms with E-state index in [1.807, 2.05) is 6.07 Å². The first-order valence-electron chi connectivity index (χ1n) is 7.69. The van der Waals surface area contributed by atoms with E-state index >= 15 is 0 Å². The number of rotatable bonds is 4. The summed E-state index contributed by atoms with van der Waals surface area (Å²) in [6.45, 7) is 11.8. The highest BCUT2D eigenvalue weighted by Crippen LogP contribution is 2.25. The predicted molar refractivity (Wildman–Crippen MR) is 89.8 cm³/mol. The molecule has 118 valence electrons. The Morgan fingerprint density at radius 2 is 2.10 bits per heavy atom. The molecule has 0 radical (unpaired) electrons. The van der Waals surface area contributed by atoms with Gasteiger partial charge in [0.15, 0.2) is 0 Å². The molecule has 0 spiro atoms. The molecule has 1 N–H and O–H groups in total. The highest BCUT2D eigenvalue weighted by Gasteiger charge is 2.33. The Bertz CT molecular complexity index is 467. The Morgan fingerprint density at radius 1 is 1.38 bits per heavy atom. The van der Waals surface area contributed by atoms with Gasteiger partial charge in [-0.25, -0.2) is 4.39 Å². The van der Waals surface area contributed by atoms with Gasteiger partial charge >= 0.3 is 0 Å². The van der Waals surface area contributed by atoms with Gasteiger partial charge in [0.05, 0.1) is 0 Å². The Morgan fingerprint density at radius 3 is 2.71 bits per heavy atom. The Labute approximate surface area is 136 Å². The zero-order valence-electron chi connectivity index (χ0n) is 13.4. The van der Waals surface area contributed by atoms with Crippen molar-refractivity contribution in [1.29, 1.82) is 0 Å². The molecule has 1 heterocycles. The molecule has 21 heavy (non-hydrogen) atoms. The van der Waals surface area contributed by atoms with E-state index in [-0.39, 0.29) is 11.4 Å². The van der Waals surface area contributed by atoms with E-state index < -0.39 is 0 Å². The van der Waals surface area contributed by atoms with Crippen molar-refractivity contribution in [2.75, 3.05) is 13.1 Å². The molecule has 4 heteroatoms. The SMILES string of the molecule is CC(C)CC1CN(Cc2cc(F)cc(Br)c2)C(C)(C)CN1. The van der Waals surface area contributed by atoms with Crippen molar-refractivity contribution < 1.29 is 4.39 Å². The van der Waals surface area contributed by atoms with Crippen molar-refractivity contribution in [2.45, 2.75) is 52.2 Å². The maximum atomic E-state index is 13.6. The lowest BCUT2D eigenvalue weighted by Crippen LogP contribution is -2.61. The normalized spacial score (nSPS) is 22.7. The van der Waals surface area contributed by atoms with Crippen LogP contribution in [0.15, 0.2) is 22.7 Å². The molecule has 0 saturated carbocycles. The van der Waals surface area contributed by atoms with Crippen molar-refractivity contribution in [2.24, 2.45) is 5.92 Å². The molecule has 0 aromatic heterocycles. The molecule has 1 aliphatic rings. The van der Waals surface area contributed by atoms with Gasteiger partial charge in [-0.15, -0.1) is 0 Å². The molecule has 1 atom stereocenters. The maximum absolute atomic E-state index is 13.6. The number of halogens is 2. The molecule has 0 amide bonds. The average molecular weight is 357 g/mol. The van der Waals surface area contributed by atoms with Crippen LogP contribution in [0.25, 0.3) is 0 Å². The van der Waals surface area contributed by atoms with Gasteiger partial charge < -0.3 is 5.32 Å². The van der Waals surface area contributed by atoms with Crippen molar-refractivity contribution in [1.82, 2.24) is 10.2 Å². The van der Waals surface area contributed by atoms with Gasteiger partial charge in [0.2, 0.25) is 0 Å². The number of nitrogens with zero attached hydrogens (tertiary/aromatic N) is 1. The van der Waals surface area contributed by atoms with Crippen LogP contribution in [0.1, 0.15) is 39.7 Å². The Kier molecular flexibility index (Phi) is 5.44. The zero-order chi connectivity index (χ0) is 15.6. The minimum Gasteiger partial charge on any atom is -0.311 e. The van der Waals surface area contributed by atoms with Gasteiger partial charge in [-0.3, -0.25) is 4.90 Å². The van der Waals surface area contributed by atoms with Crippen LogP contribution in [0.5, 0.6) is 0 Å². The van der Waals surface area contributed by atoms with E-state index in [1.165, 1.54) is 12.5 Å². The number of hydrogen-bond donors (Lipinski definition) is 1. The number of piperazine rings is 1. The highest BCUT2D eigenvalue weighted by molar-refractivity contribution is 9.10. The van der Waals surface area contributed by atoms with E-state index in [1.54, 1.807) is 6.07 Å². The minimum absolute atomic E-state index is 0.0896. The zero-order valence-corrected chi connectivity index (χ0v) is 15.0. The van der Waals surface area contributed by atoms with Crippen molar-refractivity contribution in [3.05, 3.63) is 34.1 Å². The smallest absolute Gasteiger partial charge is 0.124 e. The van der Waals surface area contributed by atoms with Crippen LogP contribution in [0.3, 0.4) is 0 Å². The van der Waals surface area contributed by atoms with Gasteiger partial charge in [0.25, 0.3) is 0 Å². The fraction of sp³-hybridized carbons (Fsp3) is 0.647. The van der Waals surface area contributed by atoms with Crippen LogP contribution < -0.4 is 5.32 Å². The topological polar surface area (TPSA) is 15.3 Å². The fourth-order valence-electron chi connectivity index (χ4n) is 3.01. The average Bonchev–Trinajstić information content (AvgIpc) is 2.32. The third-order valence-corrected chi connectivity index (χ3v) is 4.63. The summed E-state index contributed by atoms with van der Waals surface area (Å²) in [5.74, 6) is 0.514. The second-order valence-electron chi connectivity index (χ2n) is 7.18. The summed E-state index contributed by atoms with van der Waals surface area (Å²) in [5.41, 5.74) is 1.12. The summed E-state index contributed by atoms with van der Waals surface area (Å²) < 4.78 is 14.4. The molecular weight excluding hydrogens is 331 g/mol. The van der Waals surface area contributed by atoms with Gasteiger partial charge in [0.1, 0.15) is 5.82 Å². The number of hydrogen-bond acceptors (Lipinski definition) is 2. The van der Waals surface area contributed by atoms with Crippen LogP contribution in [0.4, 0.5) is 4.39 Å². The number of benzene rings is 1. The first kappa shape index (κ1) is 16.9. The van der Waals surface area contributed by atoms with E-state index in [9.17, 15) is 4.39 Å². The second kappa shape index (κ2) is 6.76. The van der Waals surface area contributed by atoms with Gasteiger partial charge in [-0.1, -0.05) is 29.8 Å². The number of nitrogens with one attached hydrogen (secondary N) is 1. The standard InChI is InChI=1S/C17H26BrFN2/c1-12(2)5-16-10-21(17(3,4)11-20-16)9-13-6-14(18)8-15(19)7-13/h6-8,12,16,20H,5,9-11H2,1-4H3. The van der Waals surface area contributed by atoms with E-state index in [0.717, 1.165) is 29.7 Å². The molecule has 2 rings (SSSR count). The largest absolute Gasteiger partial charge is 0.311 e. The molecule has 1 aliphatic heterocycles. The molecule has 0 bridgehead atoms. The van der Waals surface area contributed by atoms with Crippen molar-refractivity contribution >= 4 is 15.9 Å². The van der Waals surface area contributed by atoms with Crippen LogP contribution >= 0.6 is 15.9 Å². The summed E-state index contributed by atoms with van der Waals surface area (Å²) in [4.78, 5) is 2.47. The molecule has 1 fully saturated rings. The van der Waals surface area contributed by atoms with E-state index in [0.29, 0.717) is 12.0 Å².